The van der Waals surface area contributed by atoms with E-state index >= 15 is 0 Å². The summed E-state index contributed by atoms with van der Waals surface area (Å²) in [4.78, 5) is 6.70. The summed E-state index contributed by atoms with van der Waals surface area (Å²) in [6.07, 6.45) is 6.57. The molecule has 0 amide bonds. The smallest absolute Gasteiger partial charge is 0.128 e. The number of anilines is 1. The summed E-state index contributed by atoms with van der Waals surface area (Å²) in [7, 11) is 0. The molecule has 3 atom stereocenters. The van der Waals surface area contributed by atoms with Gasteiger partial charge in [-0.15, -0.1) is 0 Å². The first-order valence-corrected chi connectivity index (χ1v) is 7.70. The van der Waals surface area contributed by atoms with Crippen LogP contribution in [0.4, 0.5) is 5.82 Å². The average molecular weight is 276 g/mol. The molecule has 3 rings (SSSR count). The zero-order chi connectivity index (χ0) is 14.2. The van der Waals surface area contributed by atoms with Crippen molar-refractivity contribution in [2.45, 2.75) is 50.7 Å². The first-order chi connectivity index (χ1) is 9.58. The van der Waals surface area contributed by atoms with Gasteiger partial charge in [-0.25, -0.2) is 4.98 Å². The maximum absolute atomic E-state index is 10.7. The van der Waals surface area contributed by atoms with E-state index in [0.29, 0.717) is 5.92 Å². The zero-order valence-electron chi connectivity index (χ0n) is 12.1. The van der Waals surface area contributed by atoms with E-state index in [-0.39, 0.29) is 0 Å². The molecule has 1 aliphatic heterocycles. The molecule has 2 fully saturated rings. The Kier molecular flexibility index (Phi) is 3.69. The molecule has 110 valence electrons. The van der Waals surface area contributed by atoms with Gasteiger partial charge in [-0.1, -0.05) is 12.8 Å². The molecule has 20 heavy (non-hydrogen) atoms. The molecule has 1 aliphatic carbocycles. The molecule has 2 N–H and O–H groups in total. The molecular weight excluding hydrogens is 252 g/mol. The Hall–Kier alpha value is -1.13. The van der Waals surface area contributed by atoms with Crippen LogP contribution in [0.15, 0.2) is 18.3 Å². The minimum absolute atomic E-state index is 0.363. The number of aromatic nitrogens is 1. The average Bonchev–Trinajstić information content (AvgIpc) is 2.46. The van der Waals surface area contributed by atoms with E-state index in [1.165, 1.54) is 6.42 Å². The number of aliphatic hydroxyl groups excluding tert-OH is 1. The highest BCUT2D eigenvalue weighted by Crippen LogP contribution is 2.40. The van der Waals surface area contributed by atoms with Gasteiger partial charge in [0, 0.05) is 25.2 Å². The van der Waals surface area contributed by atoms with E-state index in [2.05, 4.69) is 9.88 Å². The molecule has 0 aromatic carbocycles. The quantitative estimate of drug-likeness (QED) is 0.870. The molecule has 1 aromatic heterocycles. The zero-order valence-corrected chi connectivity index (χ0v) is 12.1. The highest BCUT2D eigenvalue weighted by molar-refractivity contribution is 5.42. The lowest BCUT2D eigenvalue weighted by Crippen LogP contribution is -2.53. The van der Waals surface area contributed by atoms with Crippen molar-refractivity contribution < 1.29 is 10.2 Å². The van der Waals surface area contributed by atoms with Crippen molar-refractivity contribution in [3.8, 4) is 0 Å². The Morgan fingerprint density at radius 3 is 3.05 bits per heavy atom. The van der Waals surface area contributed by atoms with Crippen LogP contribution in [-0.2, 0) is 0 Å². The van der Waals surface area contributed by atoms with Gasteiger partial charge >= 0.3 is 0 Å². The van der Waals surface area contributed by atoms with Crippen LogP contribution < -0.4 is 4.90 Å². The van der Waals surface area contributed by atoms with Crippen LogP contribution >= 0.6 is 0 Å². The van der Waals surface area contributed by atoms with Gasteiger partial charge in [-0.2, -0.15) is 0 Å². The number of hydrogen-bond donors (Lipinski definition) is 2. The van der Waals surface area contributed by atoms with E-state index < -0.39 is 11.7 Å². The Balaban J connectivity index is 1.77. The fourth-order valence-corrected chi connectivity index (χ4v) is 3.65. The SMILES string of the molecule is CC(O)c1ccnc(N2CCC3(O)CCCCC3C2)c1. The van der Waals surface area contributed by atoms with Crippen molar-refractivity contribution in [3.63, 3.8) is 0 Å². The summed E-state index contributed by atoms with van der Waals surface area (Å²) in [5.74, 6) is 1.29. The summed E-state index contributed by atoms with van der Waals surface area (Å²) in [5.41, 5.74) is 0.455. The summed E-state index contributed by atoms with van der Waals surface area (Å²) >= 11 is 0. The lowest BCUT2D eigenvalue weighted by molar-refractivity contribution is -0.0613. The molecule has 0 bridgehead atoms. The topological polar surface area (TPSA) is 56.6 Å². The highest BCUT2D eigenvalue weighted by Gasteiger charge is 2.42. The van der Waals surface area contributed by atoms with Crippen LogP contribution in [0.25, 0.3) is 0 Å². The van der Waals surface area contributed by atoms with Crippen molar-refractivity contribution in [1.82, 2.24) is 4.98 Å². The summed E-state index contributed by atoms with van der Waals surface area (Å²) in [5, 5.41) is 20.4. The predicted octanol–water partition coefficient (Wildman–Crippen LogP) is 2.27. The first kappa shape index (κ1) is 13.8. The number of fused-ring (bicyclic) bond motifs is 1. The minimum Gasteiger partial charge on any atom is -0.389 e. The highest BCUT2D eigenvalue weighted by atomic mass is 16.3. The molecule has 1 aromatic rings. The summed E-state index contributed by atoms with van der Waals surface area (Å²) in [6.45, 7) is 3.51. The standard InChI is InChI=1S/C16H24N2O2/c1-12(19)13-5-8-17-15(10-13)18-9-7-16(20)6-3-2-4-14(16)11-18/h5,8,10,12,14,19-20H,2-4,6-7,9,11H2,1H3. The van der Waals surface area contributed by atoms with Crippen molar-refractivity contribution in [2.24, 2.45) is 5.92 Å². The molecule has 2 aliphatic rings. The number of rotatable bonds is 2. The Labute approximate surface area is 120 Å². The number of nitrogens with zero attached hydrogens (tertiary/aromatic N) is 2. The normalized spacial score (nSPS) is 31.8. The third-order valence-electron chi connectivity index (χ3n) is 5.00. The Morgan fingerprint density at radius 1 is 1.40 bits per heavy atom. The Bertz CT molecular complexity index is 477. The van der Waals surface area contributed by atoms with Gasteiger partial charge in [0.2, 0.25) is 0 Å². The van der Waals surface area contributed by atoms with Gasteiger partial charge in [0.25, 0.3) is 0 Å². The van der Waals surface area contributed by atoms with Crippen molar-refractivity contribution >= 4 is 5.82 Å². The second-order valence-corrected chi connectivity index (χ2v) is 6.37. The molecule has 0 radical (unpaired) electrons. The van der Waals surface area contributed by atoms with E-state index in [1.807, 2.05) is 12.1 Å². The molecule has 2 heterocycles. The van der Waals surface area contributed by atoms with E-state index in [0.717, 1.165) is 50.2 Å². The number of hydrogen-bond acceptors (Lipinski definition) is 4. The number of piperidine rings is 1. The summed E-state index contributed by atoms with van der Waals surface area (Å²) in [6, 6.07) is 3.83. The third-order valence-corrected chi connectivity index (χ3v) is 5.00. The molecular formula is C16H24N2O2. The van der Waals surface area contributed by atoms with Crippen molar-refractivity contribution in [2.75, 3.05) is 18.0 Å². The minimum atomic E-state index is -0.465. The third kappa shape index (κ3) is 2.54. The first-order valence-electron chi connectivity index (χ1n) is 7.70. The second-order valence-electron chi connectivity index (χ2n) is 6.37. The van der Waals surface area contributed by atoms with Crippen molar-refractivity contribution in [1.29, 1.82) is 0 Å². The van der Waals surface area contributed by atoms with Gasteiger partial charge in [0.1, 0.15) is 5.82 Å². The van der Waals surface area contributed by atoms with Gasteiger partial charge in [0.15, 0.2) is 0 Å². The molecule has 1 saturated heterocycles. The van der Waals surface area contributed by atoms with Gasteiger partial charge < -0.3 is 15.1 Å². The van der Waals surface area contributed by atoms with Crippen LogP contribution in [0.1, 0.15) is 50.7 Å². The van der Waals surface area contributed by atoms with Crippen LogP contribution in [0.5, 0.6) is 0 Å². The fraction of sp³-hybridized carbons (Fsp3) is 0.688. The van der Waals surface area contributed by atoms with Crippen LogP contribution in [0.3, 0.4) is 0 Å². The van der Waals surface area contributed by atoms with E-state index in [9.17, 15) is 10.2 Å². The molecule has 4 nitrogen and oxygen atoms in total. The molecule has 0 spiro atoms. The molecule has 3 unspecified atom stereocenters. The monoisotopic (exact) mass is 276 g/mol. The second kappa shape index (κ2) is 5.34. The largest absolute Gasteiger partial charge is 0.389 e. The predicted molar refractivity (Wildman–Crippen MR) is 78.6 cm³/mol. The number of aliphatic hydroxyl groups is 2. The van der Waals surface area contributed by atoms with Gasteiger partial charge in [-0.3, -0.25) is 0 Å². The lowest BCUT2D eigenvalue weighted by Gasteiger charge is -2.47. The van der Waals surface area contributed by atoms with Crippen LogP contribution in [-0.4, -0.2) is 33.9 Å². The lowest BCUT2D eigenvalue weighted by atomic mass is 9.71. The maximum atomic E-state index is 10.7. The van der Waals surface area contributed by atoms with Crippen molar-refractivity contribution in [3.05, 3.63) is 23.9 Å². The van der Waals surface area contributed by atoms with E-state index in [1.54, 1.807) is 13.1 Å². The molecule has 1 saturated carbocycles. The van der Waals surface area contributed by atoms with Crippen LogP contribution in [0, 0.1) is 5.92 Å². The van der Waals surface area contributed by atoms with E-state index in [4.69, 9.17) is 0 Å². The van der Waals surface area contributed by atoms with Crippen LogP contribution in [0.2, 0.25) is 0 Å². The fourth-order valence-electron chi connectivity index (χ4n) is 3.65. The molecule has 4 heteroatoms. The van der Waals surface area contributed by atoms with Gasteiger partial charge in [0.05, 0.1) is 11.7 Å². The maximum Gasteiger partial charge on any atom is 0.128 e. The summed E-state index contributed by atoms with van der Waals surface area (Å²) < 4.78 is 0. The number of pyridine rings is 1. The Morgan fingerprint density at radius 2 is 2.25 bits per heavy atom. The van der Waals surface area contributed by atoms with Gasteiger partial charge in [-0.05, 0) is 43.9 Å².